The molecule has 1 aliphatic rings. The first-order chi connectivity index (χ1) is 9.13. The Bertz CT molecular complexity index is 250. The van der Waals surface area contributed by atoms with Crippen molar-refractivity contribution in [3.05, 3.63) is 0 Å². The van der Waals surface area contributed by atoms with Crippen LogP contribution in [0.15, 0.2) is 0 Å². The second-order valence-electron chi connectivity index (χ2n) is 5.59. The Morgan fingerprint density at radius 3 is 2.63 bits per heavy atom. The molecule has 0 aromatic rings. The standard InChI is InChI=1S/C15H29NO3/c1-3-4-5-6-13(2)16-10-7-14(8-11-16)19-12-9-15(17)18/h13-14H,3-12H2,1-2H3,(H,17,18). The number of carboxylic acid groups (broad SMARTS) is 1. The van der Waals surface area contributed by atoms with Crippen LogP contribution < -0.4 is 0 Å². The van der Waals surface area contributed by atoms with Gasteiger partial charge in [-0.15, -0.1) is 0 Å². The van der Waals surface area contributed by atoms with E-state index in [1.54, 1.807) is 0 Å². The van der Waals surface area contributed by atoms with Gasteiger partial charge in [0.1, 0.15) is 0 Å². The van der Waals surface area contributed by atoms with Crippen molar-refractivity contribution < 1.29 is 14.6 Å². The Balaban J connectivity index is 2.12. The van der Waals surface area contributed by atoms with Gasteiger partial charge in [-0.1, -0.05) is 26.2 Å². The number of carbonyl (C=O) groups is 1. The number of likely N-dealkylation sites (tertiary alicyclic amines) is 1. The summed E-state index contributed by atoms with van der Waals surface area (Å²) in [5.74, 6) is -0.776. The van der Waals surface area contributed by atoms with Crippen LogP contribution in [-0.2, 0) is 9.53 Å². The molecule has 4 nitrogen and oxygen atoms in total. The first kappa shape index (κ1) is 16.4. The van der Waals surface area contributed by atoms with E-state index in [-0.39, 0.29) is 12.5 Å². The van der Waals surface area contributed by atoms with Gasteiger partial charge in [-0.2, -0.15) is 0 Å². The topological polar surface area (TPSA) is 49.8 Å². The molecule has 1 heterocycles. The van der Waals surface area contributed by atoms with Crippen molar-refractivity contribution in [1.29, 1.82) is 0 Å². The average molecular weight is 271 g/mol. The maximum Gasteiger partial charge on any atom is 0.305 e. The Kier molecular flexibility index (Phi) is 8.07. The number of ether oxygens (including phenoxy) is 1. The summed E-state index contributed by atoms with van der Waals surface area (Å²) < 4.78 is 5.61. The minimum absolute atomic E-state index is 0.119. The van der Waals surface area contributed by atoms with Crippen molar-refractivity contribution in [1.82, 2.24) is 4.90 Å². The number of aliphatic carboxylic acids is 1. The van der Waals surface area contributed by atoms with Crippen LogP contribution in [0.4, 0.5) is 0 Å². The van der Waals surface area contributed by atoms with Gasteiger partial charge < -0.3 is 14.7 Å². The molecule has 1 aliphatic heterocycles. The lowest BCUT2D eigenvalue weighted by Crippen LogP contribution is -2.42. The van der Waals surface area contributed by atoms with Crippen molar-refractivity contribution in [3.63, 3.8) is 0 Å². The van der Waals surface area contributed by atoms with Crippen molar-refractivity contribution in [2.75, 3.05) is 19.7 Å². The van der Waals surface area contributed by atoms with Crippen molar-refractivity contribution >= 4 is 5.97 Å². The minimum atomic E-state index is -0.776. The number of piperidine rings is 1. The highest BCUT2D eigenvalue weighted by atomic mass is 16.5. The average Bonchev–Trinajstić information content (AvgIpc) is 2.39. The van der Waals surface area contributed by atoms with Gasteiger partial charge in [-0.25, -0.2) is 0 Å². The molecule has 19 heavy (non-hydrogen) atoms. The molecule has 1 rings (SSSR count). The third-order valence-electron chi connectivity index (χ3n) is 3.99. The Labute approximate surface area is 117 Å². The molecule has 0 saturated carbocycles. The Morgan fingerprint density at radius 1 is 1.37 bits per heavy atom. The van der Waals surface area contributed by atoms with Gasteiger partial charge in [0.05, 0.1) is 19.1 Å². The van der Waals surface area contributed by atoms with Gasteiger partial charge in [0, 0.05) is 19.1 Å². The van der Waals surface area contributed by atoms with Crippen LogP contribution in [-0.4, -0.2) is 47.8 Å². The van der Waals surface area contributed by atoms with Crippen LogP contribution >= 0.6 is 0 Å². The third-order valence-corrected chi connectivity index (χ3v) is 3.99. The predicted molar refractivity (Wildman–Crippen MR) is 76.4 cm³/mol. The van der Waals surface area contributed by atoms with Gasteiger partial charge in [-0.05, 0) is 26.2 Å². The monoisotopic (exact) mass is 271 g/mol. The molecule has 0 aromatic carbocycles. The molecule has 1 fully saturated rings. The van der Waals surface area contributed by atoms with Crippen LogP contribution in [0.2, 0.25) is 0 Å². The van der Waals surface area contributed by atoms with Crippen LogP contribution in [0, 0.1) is 0 Å². The fraction of sp³-hybridized carbons (Fsp3) is 0.933. The lowest BCUT2D eigenvalue weighted by atomic mass is 10.0. The fourth-order valence-electron chi connectivity index (χ4n) is 2.67. The molecule has 0 spiro atoms. The van der Waals surface area contributed by atoms with Gasteiger partial charge in [-0.3, -0.25) is 4.79 Å². The Morgan fingerprint density at radius 2 is 2.05 bits per heavy atom. The maximum atomic E-state index is 10.4. The number of rotatable bonds is 9. The molecular formula is C15H29NO3. The second-order valence-corrected chi connectivity index (χ2v) is 5.59. The van der Waals surface area contributed by atoms with Crippen LogP contribution in [0.1, 0.15) is 58.8 Å². The molecule has 112 valence electrons. The largest absolute Gasteiger partial charge is 0.481 e. The number of hydrogen-bond acceptors (Lipinski definition) is 3. The third kappa shape index (κ3) is 6.92. The van der Waals surface area contributed by atoms with E-state index in [0.717, 1.165) is 25.9 Å². The lowest BCUT2D eigenvalue weighted by Gasteiger charge is -2.36. The van der Waals surface area contributed by atoms with Gasteiger partial charge >= 0.3 is 5.97 Å². The molecule has 1 atom stereocenters. The zero-order valence-electron chi connectivity index (χ0n) is 12.4. The summed E-state index contributed by atoms with van der Waals surface area (Å²) in [6, 6.07) is 0.673. The summed E-state index contributed by atoms with van der Waals surface area (Å²) in [7, 11) is 0. The summed E-state index contributed by atoms with van der Waals surface area (Å²) in [6.45, 7) is 7.09. The zero-order valence-corrected chi connectivity index (χ0v) is 12.4. The van der Waals surface area contributed by atoms with Crippen LogP contribution in [0.5, 0.6) is 0 Å². The normalized spacial score (nSPS) is 19.5. The summed E-state index contributed by atoms with van der Waals surface area (Å²) in [5, 5.41) is 8.57. The highest BCUT2D eigenvalue weighted by molar-refractivity contribution is 5.66. The summed E-state index contributed by atoms with van der Waals surface area (Å²) in [5.41, 5.74) is 0. The van der Waals surface area contributed by atoms with Gasteiger partial charge in [0.15, 0.2) is 0 Å². The fourth-order valence-corrected chi connectivity index (χ4v) is 2.67. The first-order valence-corrected chi connectivity index (χ1v) is 7.71. The number of hydrogen-bond donors (Lipinski definition) is 1. The van der Waals surface area contributed by atoms with E-state index in [0.29, 0.717) is 12.6 Å². The molecule has 0 aliphatic carbocycles. The van der Waals surface area contributed by atoms with E-state index < -0.39 is 5.97 Å². The van der Waals surface area contributed by atoms with Crippen LogP contribution in [0.25, 0.3) is 0 Å². The van der Waals surface area contributed by atoms with E-state index in [9.17, 15) is 4.79 Å². The number of carboxylic acids is 1. The van der Waals surface area contributed by atoms with E-state index in [4.69, 9.17) is 9.84 Å². The molecule has 0 amide bonds. The maximum absolute atomic E-state index is 10.4. The summed E-state index contributed by atoms with van der Waals surface area (Å²) in [4.78, 5) is 13.0. The summed E-state index contributed by atoms with van der Waals surface area (Å²) >= 11 is 0. The molecule has 1 unspecified atom stereocenters. The highest BCUT2D eigenvalue weighted by Crippen LogP contribution is 2.18. The summed E-state index contributed by atoms with van der Waals surface area (Å²) in [6.07, 6.45) is 7.69. The SMILES string of the molecule is CCCCCC(C)N1CCC(OCCC(=O)O)CC1. The molecule has 4 heteroatoms. The molecule has 1 N–H and O–H groups in total. The van der Waals surface area contributed by atoms with Crippen molar-refractivity contribution in [2.24, 2.45) is 0 Å². The van der Waals surface area contributed by atoms with Crippen LogP contribution in [0.3, 0.4) is 0 Å². The van der Waals surface area contributed by atoms with Gasteiger partial charge in [0.25, 0.3) is 0 Å². The minimum Gasteiger partial charge on any atom is -0.481 e. The predicted octanol–water partition coefficient (Wildman–Crippen LogP) is 2.91. The van der Waals surface area contributed by atoms with Crippen molar-refractivity contribution in [3.8, 4) is 0 Å². The molecular weight excluding hydrogens is 242 g/mol. The Hall–Kier alpha value is -0.610. The van der Waals surface area contributed by atoms with E-state index in [1.165, 1.54) is 25.7 Å². The number of unbranched alkanes of at least 4 members (excludes halogenated alkanes) is 2. The molecule has 1 saturated heterocycles. The molecule has 0 radical (unpaired) electrons. The molecule has 0 aromatic heterocycles. The smallest absolute Gasteiger partial charge is 0.305 e. The van der Waals surface area contributed by atoms with Crippen molar-refractivity contribution in [2.45, 2.75) is 70.9 Å². The lowest BCUT2D eigenvalue weighted by molar-refractivity contribution is -0.138. The molecule has 0 bridgehead atoms. The quantitative estimate of drug-likeness (QED) is 0.655. The number of nitrogens with zero attached hydrogens (tertiary/aromatic N) is 1. The second kappa shape index (κ2) is 9.32. The van der Waals surface area contributed by atoms with E-state index >= 15 is 0 Å². The van der Waals surface area contributed by atoms with Gasteiger partial charge in [0.2, 0.25) is 0 Å². The van der Waals surface area contributed by atoms with E-state index in [1.807, 2.05) is 0 Å². The first-order valence-electron chi connectivity index (χ1n) is 7.71. The zero-order chi connectivity index (χ0) is 14.1. The van der Waals surface area contributed by atoms with E-state index in [2.05, 4.69) is 18.7 Å². The highest BCUT2D eigenvalue weighted by Gasteiger charge is 2.22.